The van der Waals surface area contributed by atoms with Crippen LogP contribution in [0, 0.1) is 30.1 Å². The number of piperidine rings is 2. The lowest BCUT2D eigenvalue weighted by molar-refractivity contribution is -0.167. The zero-order valence-electron chi connectivity index (χ0n) is 36.6. The van der Waals surface area contributed by atoms with E-state index in [-0.39, 0.29) is 79.9 Å². The summed E-state index contributed by atoms with van der Waals surface area (Å²) in [6.45, 7) is 0.992. The number of nitrogens with one attached hydrogen (secondary N) is 2. The predicted molar refractivity (Wildman–Crippen MR) is 233 cm³/mol. The van der Waals surface area contributed by atoms with Crippen molar-refractivity contribution in [1.82, 2.24) is 44.4 Å². The van der Waals surface area contributed by atoms with Gasteiger partial charge in [-0.25, -0.2) is 22.7 Å². The van der Waals surface area contributed by atoms with Crippen LogP contribution in [0.5, 0.6) is 0 Å². The quantitative estimate of drug-likeness (QED) is 0.0963. The lowest BCUT2D eigenvalue weighted by Gasteiger charge is -2.38. The summed E-state index contributed by atoms with van der Waals surface area (Å²) in [6, 6.07) is 4.64. The normalized spacial score (nSPS) is 23.9. The van der Waals surface area contributed by atoms with E-state index in [1.54, 1.807) is 4.68 Å². The number of carbonyl (C=O) groups is 3. The maximum atomic E-state index is 15.5. The van der Waals surface area contributed by atoms with Gasteiger partial charge in [0.2, 0.25) is 11.8 Å². The molecule has 1 aromatic carbocycles. The lowest BCUT2D eigenvalue weighted by Crippen LogP contribution is -2.54. The van der Waals surface area contributed by atoms with E-state index in [2.05, 4.69) is 53.6 Å². The van der Waals surface area contributed by atoms with Crippen LogP contribution in [0.15, 0.2) is 42.9 Å². The number of morpholine rings is 1. The molecule has 4 fully saturated rings. The number of amides is 3. The molecular weight excluding hydrogens is 901 g/mol. The minimum absolute atomic E-state index is 0.0103. The smallest absolute Gasteiger partial charge is 0.377 e. The molecule has 1 unspecified atom stereocenters. The summed E-state index contributed by atoms with van der Waals surface area (Å²) in [5, 5.41) is 18.5. The molecular formula is C46H47F6N11O5. The fraction of sp³-hybridized carbons (Fsp3) is 0.500. The topological polar surface area (TPSA) is 166 Å². The van der Waals surface area contributed by atoms with Crippen molar-refractivity contribution in [2.24, 2.45) is 5.92 Å². The first-order valence-electron chi connectivity index (χ1n) is 22.4. The number of fused-ring (bicyclic) bond motifs is 2. The Kier molecular flexibility index (Phi) is 13.4. The third-order valence-corrected chi connectivity index (χ3v) is 13.1. The molecule has 5 aromatic rings. The number of terminal acetylenes is 1. The third kappa shape index (κ3) is 9.76. The molecule has 358 valence electrons. The Morgan fingerprint density at radius 3 is 2.65 bits per heavy atom. The van der Waals surface area contributed by atoms with E-state index in [4.69, 9.17) is 15.9 Å². The summed E-state index contributed by atoms with van der Waals surface area (Å²) in [4.78, 5) is 45.4. The van der Waals surface area contributed by atoms with E-state index >= 15 is 4.39 Å². The number of carbonyl (C=O) groups excluding carboxylic acids is 3. The molecule has 3 saturated heterocycles. The molecule has 3 amide bonds. The van der Waals surface area contributed by atoms with Gasteiger partial charge in [0.05, 0.1) is 59.9 Å². The number of alkyl halides is 6. The summed E-state index contributed by atoms with van der Waals surface area (Å²) < 4.78 is 101. The van der Waals surface area contributed by atoms with E-state index in [0.717, 1.165) is 17.7 Å². The second kappa shape index (κ2) is 19.6. The van der Waals surface area contributed by atoms with Crippen molar-refractivity contribution in [3.63, 3.8) is 0 Å². The van der Waals surface area contributed by atoms with Crippen LogP contribution in [-0.2, 0) is 25.6 Å². The van der Waals surface area contributed by atoms with Crippen molar-refractivity contribution in [2.75, 3.05) is 56.2 Å². The third-order valence-electron chi connectivity index (χ3n) is 13.1. The van der Waals surface area contributed by atoms with Crippen LogP contribution >= 0.6 is 0 Å². The number of hydrogen-bond donors (Lipinski definition) is 2. The highest BCUT2D eigenvalue weighted by atomic mass is 19.4. The van der Waals surface area contributed by atoms with Crippen LogP contribution in [-0.4, -0.2) is 127 Å². The van der Waals surface area contributed by atoms with E-state index in [1.165, 1.54) is 33.9 Å². The van der Waals surface area contributed by atoms with Crippen molar-refractivity contribution >= 4 is 45.8 Å². The van der Waals surface area contributed by atoms with Crippen molar-refractivity contribution in [2.45, 2.75) is 94.4 Å². The Bertz CT molecular complexity index is 2800. The molecule has 0 spiro atoms. The van der Waals surface area contributed by atoms with Crippen LogP contribution < -0.4 is 15.5 Å². The molecule has 68 heavy (non-hydrogen) atoms. The molecule has 0 radical (unpaired) electrons. The van der Waals surface area contributed by atoms with Crippen molar-refractivity contribution in [1.29, 1.82) is 0 Å². The van der Waals surface area contributed by atoms with Crippen molar-refractivity contribution in [3.05, 3.63) is 65.4 Å². The fourth-order valence-corrected chi connectivity index (χ4v) is 9.68. The summed E-state index contributed by atoms with van der Waals surface area (Å²) >= 11 is 0. The van der Waals surface area contributed by atoms with Gasteiger partial charge >= 0.3 is 6.18 Å². The standard InChI is InChI=1S/C46H47F6N11O5/c1-2-16-61-41-28(5-3-7-30(41)39(57-61)31-12-13-38(64)56-44(31)65)6-4-20-68-35-14-17-59(24-33(35)47)23-27-8-10-29(11-9-27)63-25-34(40(58-63)42(48)49)54-45(66)32-22-53-62-18-15-37(55-43(32)62)60-19-21-67-26-36(60)46(50,51)52/h1,3,5,7,15,18,22,25,27,29,31,33,35-36,42H,8-14,16-17,19-21,23-24,26H2,(H,54,66)(H,56,64,65)/t27-,29-,31?,33-,35+,36+/m1/s1. The average Bonchev–Trinajstić information content (AvgIpc) is 4.04. The zero-order chi connectivity index (χ0) is 47.7. The Balaban J connectivity index is 0.771. The minimum Gasteiger partial charge on any atom is -0.377 e. The molecule has 1 saturated carbocycles. The molecule has 4 aliphatic rings. The second-order valence-corrected chi connectivity index (χ2v) is 17.4. The molecule has 7 heterocycles. The zero-order valence-corrected chi connectivity index (χ0v) is 36.6. The van der Waals surface area contributed by atoms with E-state index < -0.39 is 61.0 Å². The molecule has 22 heteroatoms. The Morgan fingerprint density at radius 1 is 1.07 bits per heavy atom. The molecule has 3 aliphatic heterocycles. The van der Waals surface area contributed by atoms with Gasteiger partial charge in [0.25, 0.3) is 12.3 Å². The Hall–Kier alpha value is -6.49. The van der Waals surface area contributed by atoms with Crippen LogP contribution in [0.25, 0.3) is 16.6 Å². The van der Waals surface area contributed by atoms with E-state index in [1.807, 2.05) is 18.2 Å². The molecule has 16 nitrogen and oxygen atoms in total. The number of halogens is 6. The first-order valence-corrected chi connectivity index (χ1v) is 22.4. The number of aromatic nitrogens is 7. The largest absolute Gasteiger partial charge is 0.411 e. The van der Waals surface area contributed by atoms with Gasteiger partial charge in [-0.2, -0.15) is 28.5 Å². The highest BCUT2D eigenvalue weighted by Crippen LogP contribution is 2.37. The number of nitrogens with zero attached hydrogens (tertiary/aromatic N) is 9. The number of ether oxygens (including phenoxy) is 2. The average molecular weight is 948 g/mol. The lowest BCUT2D eigenvalue weighted by atomic mass is 9.85. The Morgan fingerprint density at radius 2 is 1.90 bits per heavy atom. The van der Waals surface area contributed by atoms with Crippen molar-refractivity contribution < 1.29 is 50.2 Å². The number of para-hydroxylation sites is 1. The van der Waals surface area contributed by atoms with Gasteiger partial charge in [0, 0.05) is 50.4 Å². The minimum atomic E-state index is -4.60. The number of rotatable bonds is 11. The molecule has 2 N–H and O–H groups in total. The molecule has 0 bridgehead atoms. The molecule has 4 atom stereocenters. The van der Waals surface area contributed by atoms with Gasteiger partial charge in [-0.05, 0) is 56.6 Å². The van der Waals surface area contributed by atoms with Crippen LogP contribution in [0.1, 0.15) is 90.6 Å². The van der Waals surface area contributed by atoms with Crippen LogP contribution in [0.3, 0.4) is 0 Å². The van der Waals surface area contributed by atoms with Crippen molar-refractivity contribution in [3.8, 4) is 24.2 Å². The summed E-state index contributed by atoms with van der Waals surface area (Å²) in [6.07, 6.45) is 3.78. The summed E-state index contributed by atoms with van der Waals surface area (Å²) in [5.41, 5.74) is 0.800. The van der Waals surface area contributed by atoms with Crippen LogP contribution in [0.4, 0.5) is 37.8 Å². The molecule has 9 rings (SSSR count). The van der Waals surface area contributed by atoms with E-state index in [0.29, 0.717) is 60.9 Å². The SMILES string of the molecule is C#CCn1nc(C2CCC(=O)NC2=O)c2cccc(C#CCO[C@H]3CCN(C[C@H]4CC[C@H](n5cc(NC(=O)c6cnn7ccc(N8CCOC[C@H]8C(F)(F)F)nc67)c(C(F)F)n5)CC4)C[C@H]3F)c21. The summed E-state index contributed by atoms with van der Waals surface area (Å²) in [7, 11) is 0. The maximum absolute atomic E-state index is 15.5. The van der Waals surface area contributed by atoms with Gasteiger partial charge in [0.15, 0.2) is 11.3 Å². The van der Waals surface area contributed by atoms with Crippen LogP contribution in [0.2, 0.25) is 0 Å². The number of likely N-dealkylation sites (tertiary alicyclic amines) is 1. The highest BCUT2D eigenvalue weighted by molar-refractivity contribution is 6.08. The van der Waals surface area contributed by atoms with Gasteiger partial charge in [0.1, 0.15) is 36.7 Å². The number of anilines is 2. The van der Waals surface area contributed by atoms with Gasteiger partial charge in [-0.1, -0.05) is 29.9 Å². The Labute approximate surface area is 385 Å². The number of imide groups is 1. The van der Waals surface area contributed by atoms with Gasteiger partial charge in [-0.15, -0.1) is 6.42 Å². The van der Waals surface area contributed by atoms with E-state index in [9.17, 15) is 36.3 Å². The maximum Gasteiger partial charge on any atom is 0.411 e. The first-order chi connectivity index (χ1) is 32.7. The highest BCUT2D eigenvalue weighted by Gasteiger charge is 2.46. The van der Waals surface area contributed by atoms with Gasteiger partial charge in [-0.3, -0.25) is 34.0 Å². The second-order valence-electron chi connectivity index (χ2n) is 17.4. The molecule has 4 aromatic heterocycles. The van der Waals surface area contributed by atoms with Gasteiger partial charge < -0.3 is 19.7 Å². The summed E-state index contributed by atoms with van der Waals surface area (Å²) in [5.74, 6) is 6.73. The monoisotopic (exact) mass is 947 g/mol. The number of hydrogen-bond acceptors (Lipinski definition) is 11. The number of benzene rings is 1. The predicted octanol–water partition coefficient (Wildman–Crippen LogP) is 5.60. The first kappa shape index (κ1) is 46.6. The molecule has 1 aliphatic carbocycles. The fourth-order valence-electron chi connectivity index (χ4n) is 9.68.